The number of rotatable bonds is 4. The molecule has 1 aromatic carbocycles. The molecule has 1 rings (SSSR count). The van der Waals surface area contributed by atoms with Gasteiger partial charge in [-0.3, -0.25) is 9.59 Å². The third-order valence-corrected chi connectivity index (χ3v) is 2.00. The summed E-state index contributed by atoms with van der Waals surface area (Å²) >= 11 is 0. The van der Waals surface area contributed by atoms with E-state index < -0.39 is 30.3 Å². The molecule has 5 nitrogen and oxygen atoms in total. The minimum atomic E-state index is -0.886. The van der Waals surface area contributed by atoms with Crippen LogP contribution < -0.4 is 5.32 Å². The van der Waals surface area contributed by atoms with Gasteiger partial charge in [0.1, 0.15) is 18.4 Å². The zero-order valence-electron chi connectivity index (χ0n) is 9.64. The van der Waals surface area contributed by atoms with Gasteiger partial charge in [-0.1, -0.05) is 12.1 Å². The lowest BCUT2D eigenvalue weighted by Gasteiger charge is -2.07. The fourth-order valence-electron chi connectivity index (χ4n) is 1.16. The molecule has 0 aliphatic rings. The van der Waals surface area contributed by atoms with Crippen molar-refractivity contribution in [1.82, 2.24) is 5.32 Å². The van der Waals surface area contributed by atoms with Gasteiger partial charge in [-0.2, -0.15) is 5.26 Å². The van der Waals surface area contributed by atoms with E-state index >= 15 is 0 Å². The lowest BCUT2D eigenvalue weighted by Crippen LogP contribution is -2.32. The van der Waals surface area contributed by atoms with Gasteiger partial charge in [0.2, 0.25) is 0 Å². The monoisotopic (exact) mass is 250 g/mol. The second kappa shape index (κ2) is 6.35. The summed E-state index contributed by atoms with van der Waals surface area (Å²) in [5.74, 6) is -2.14. The van der Waals surface area contributed by atoms with Crippen LogP contribution in [0.3, 0.4) is 0 Å². The zero-order chi connectivity index (χ0) is 13.5. The summed E-state index contributed by atoms with van der Waals surface area (Å²) in [6.45, 7) is 0.982. The van der Waals surface area contributed by atoms with Crippen molar-refractivity contribution in [2.24, 2.45) is 0 Å². The smallest absolute Gasteiger partial charge is 0.326 e. The van der Waals surface area contributed by atoms with Crippen LogP contribution in [-0.4, -0.2) is 24.5 Å². The number of hydrogen-bond donors (Lipinski definition) is 1. The molecule has 0 radical (unpaired) electrons. The Hall–Kier alpha value is -2.42. The van der Waals surface area contributed by atoms with E-state index in [0.717, 1.165) is 6.07 Å². The molecule has 0 saturated heterocycles. The van der Waals surface area contributed by atoms with Crippen LogP contribution in [0.1, 0.15) is 17.3 Å². The van der Waals surface area contributed by atoms with Crippen molar-refractivity contribution in [1.29, 1.82) is 5.26 Å². The molecule has 6 heteroatoms. The number of amides is 1. The molecule has 0 aliphatic heterocycles. The first kappa shape index (κ1) is 13.6. The highest BCUT2D eigenvalue weighted by atomic mass is 19.1. The number of hydrogen-bond acceptors (Lipinski definition) is 4. The summed E-state index contributed by atoms with van der Waals surface area (Å²) < 4.78 is 17.8. The number of ether oxygens (including phenoxy) is 1. The largest absolute Gasteiger partial charge is 0.446 e. The predicted molar refractivity (Wildman–Crippen MR) is 59.9 cm³/mol. The second-order valence-corrected chi connectivity index (χ2v) is 3.42. The Bertz CT molecular complexity index is 496. The van der Waals surface area contributed by atoms with Gasteiger partial charge in [-0.25, -0.2) is 4.39 Å². The van der Waals surface area contributed by atoms with Gasteiger partial charge in [0.15, 0.2) is 6.10 Å². The molecule has 0 aromatic heterocycles. The van der Waals surface area contributed by atoms with E-state index in [1.807, 2.05) is 0 Å². The van der Waals surface area contributed by atoms with Gasteiger partial charge in [0, 0.05) is 0 Å². The Morgan fingerprint density at radius 1 is 1.50 bits per heavy atom. The van der Waals surface area contributed by atoms with Crippen LogP contribution in [0.2, 0.25) is 0 Å². The summed E-state index contributed by atoms with van der Waals surface area (Å²) in [5.41, 5.74) is -0.154. The van der Waals surface area contributed by atoms with Crippen LogP contribution in [0.4, 0.5) is 4.39 Å². The van der Waals surface area contributed by atoms with Crippen molar-refractivity contribution in [3.05, 3.63) is 35.6 Å². The van der Waals surface area contributed by atoms with E-state index in [1.165, 1.54) is 25.1 Å². The van der Waals surface area contributed by atoms with Crippen LogP contribution in [0.25, 0.3) is 0 Å². The normalized spacial score (nSPS) is 11.2. The number of halogens is 1. The van der Waals surface area contributed by atoms with Crippen molar-refractivity contribution in [2.45, 2.75) is 13.0 Å². The van der Waals surface area contributed by atoms with Crippen LogP contribution in [-0.2, 0) is 9.53 Å². The summed E-state index contributed by atoms with van der Waals surface area (Å²) in [6, 6.07) is 7.11. The van der Waals surface area contributed by atoms with Crippen molar-refractivity contribution in [2.75, 3.05) is 6.54 Å². The van der Waals surface area contributed by atoms with Crippen molar-refractivity contribution < 1.29 is 18.7 Å². The molecule has 1 atom stereocenters. The number of carbonyl (C=O) groups excluding carboxylic acids is 2. The number of nitrogens with zero attached hydrogens (tertiary/aromatic N) is 1. The average Bonchev–Trinajstić information content (AvgIpc) is 2.36. The Morgan fingerprint density at radius 3 is 2.78 bits per heavy atom. The molecule has 94 valence electrons. The molecule has 0 heterocycles. The van der Waals surface area contributed by atoms with Gasteiger partial charge in [-0.05, 0) is 19.1 Å². The molecular weight excluding hydrogens is 239 g/mol. The third kappa shape index (κ3) is 3.87. The van der Waals surface area contributed by atoms with Gasteiger partial charge >= 0.3 is 5.97 Å². The molecule has 0 unspecified atom stereocenters. The standard InChI is InChI=1S/C12H11FN2O3/c1-8(6-14)18-11(16)7-15-12(17)9-4-2-3-5-10(9)13/h2-5,8H,7H2,1H3,(H,15,17)/t8-/m0/s1. The number of nitriles is 1. The van der Waals surface area contributed by atoms with Crippen LogP contribution in [0, 0.1) is 17.1 Å². The highest BCUT2D eigenvalue weighted by molar-refractivity contribution is 5.96. The molecular formula is C12H11FN2O3. The summed E-state index contributed by atoms with van der Waals surface area (Å²) in [6.07, 6.45) is -0.886. The lowest BCUT2D eigenvalue weighted by atomic mass is 10.2. The highest BCUT2D eigenvalue weighted by Crippen LogP contribution is 2.05. The average molecular weight is 250 g/mol. The van der Waals surface area contributed by atoms with E-state index in [0.29, 0.717) is 0 Å². The third-order valence-electron chi connectivity index (χ3n) is 2.00. The molecule has 0 saturated carbocycles. The molecule has 1 aromatic rings. The fourth-order valence-corrected chi connectivity index (χ4v) is 1.16. The van der Waals surface area contributed by atoms with Gasteiger partial charge in [0.05, 0.1) is 5.56 Å². The maximum Gasteiger partial charge on any atom is 0.326 e. The molecule has 0 bridgehead atoms. The Morgan fingerprint density at radius 2 is 2.17 bits per heavy atom. The molecule has 1 N–H and O–H groups in total. The second-order valence-electron chi connectivity index (χ2n) is 3.42. The Labute approximate surface area is 103 Å². The summed E-state index contributed by atoms with van der Waals surface area (Å²) in [5, 5.41) is 10.6. The van der Waals surface area contributed by atoms with Gasteiger partial charge in [0.25, 0.3) is 5.91 Å². The fraction of sp³-hybridized carbons (Fsp3) is 0.250. The topological polar surface area (TPSA) is 79.2 Å². The maximum atomic E-state index is 13.2. The summed E-state index contributed by atoms with van der Waals surface area (Å²) in [7, 11) is 0. The van der Waals surface area contributed by atoms with Crippen molar-refractivity contribution in [3.8, 4) is 6.07 Å². The molecule has 1 amide bonds. The predicted octanol–water partition coefficient (Wildman–Crippen LogP) is 1.01. The quantitative estimate of drug-likeness (QED) is 0.809. The highest BCUT2D eigenvalue weighted by Gasteiger charge is 2.13. The van der Waals surface area contributed by atoms with Crippen LogP contribution in [0.5, 0.6) is 0 Å². The first-order valence-electron chi connectivity index (χ1n) is 5.16. The number of esters is 1. The number of carbonyl (C=O) groups is 2. The SMILES string of the molecule is C[C@@H](C#N)OC(=O)CNC(=O)c1ccccc1F. The molecule has 0 fully saturated rings. The summed E-state index contributed by atoms with van der Waals surface area (Å²) in [4.78, 5) is 22.7. The van der Waals surface area contributed by atoms with E-state index in [9.17, 15) is 14.0 Å². The van der Waals surface area contributed by atoms with Gasteiger partial charge < -0.3 is 10.1 Å². The van der Waals surface area contributed by atoms with Gasteiger partial charge in [-0.15, -0.1) is 0 Å². The van der Waals surface area contributed by atoms with E-state index in [4.69, 9.17) is 5.26 Å². The van der Waals surface area contributed by atoms with E-state index in [2.05, 4.69) is 10.1 Å². The maximum absolute atomic E-state index is 13.2. The molecule has 0 spiro atoms. The minimum absolute atomic E-state index is 0.154. The Balaban J connectivity index is 2.50. The first-order valence-corrected chi connectivity index (χ1v) is 5.16. The van der Waals surface area contributed by atoms with Crippen molar-refractivity contribution >= 4 is 11.9 Å². The first-order chi connectivity index (χ1) is 8.54. The van der Waals surface area contributed by atoms with E-state index in [1.54, 1.807) is 6.07 Å². The van der Waals surface area contributed by atoms with E-state index in [-0.39, 0.29) is 5.56 Å². The molecule has 18 heavy (non-hydrogen) atoms. The number of nitrogens with one attached hydrogen (secondary N) is 1. The minimum Gasteiger partial charge on any atom is -0.446 e. The molecule has 0 aliphatic carbocycles. The van der Waals surface area contributed by atoms with Crippen molar-refractivity contribution in [3.63, 3.8) is 0 Å². The Kier molecular flexibility index (Phi) is 4.81. The number of benzene rings is 1. The van der Waals surface area contributed by atoms with Crippen LogP contribution >= 0.6 is 0 Å². The lowest BCUT2D eigenvalue weighted by molar-refractivity contribution is -0.144. The zero-order valence-corrected chi connectivity index (χ0v) is 9.64. The van der Waals surface area contributed by atoms with Crippen LogP contribution in [0.15, 0.2) is 24.3 Å².